The van der Waals surface area contributed by atoms with Gasteiger partial charge in [-0.2, -0.15) is 0 Å². The number of nitro benzene ring substituents is 1. The Labute approximate surface area is 138 Å². The highest BCUT2D eigenvalue weighted by Crippen LogP contribution is 2.29. The predicted molar refractivity (Wildman–Crippen MR) is 91.2 cm³/mol. The SMILES string of the molecule is CCOC(=S)c1cnc(C)nc1Nc1ccc(C)cc1[N+](=O)[O-]. The van der Waals surface area contributed by atoms with E-state index in [1.165, 1.54) is 6.07 Å². The number of anilines is 2. The summed E-state index contributed by atoms with van der Waals surface area (Å²) in [6.07, 6.45) is 1.54. The molecule has 0 spiro atoms. The largest absolute Gasteiger partial charge is 0.483 e. The zero-order valence-electron chi connectivity index (χ0n) is 13.0. The van der Waals surface area contributed by atoms with E-state index in [0.29, 0.717) is 29.5 Å². The predicted octanol–water partition coefficient (Wildman–Crippen LogP) is 3.46. The van der Waals surface area contributed by atoms with Gasteiger partial charge in [0.15, 0.2) is 5.05 Å². The minimum absolute atomic E-state index is 0.0328. The Bertz CT molecular complexity index is 764. The van der Waals surface area contributed by atoms with Crippen molar-refractivity contribution in [2.75, 3.05) is 11.9 Å². The highest BCUT2D eigenvalue weighted by molar-refractivity contribution is 7.80. The topological polar surface area (TPSA) is 90.2 Å². The molecule has 0 aliphatic heterocycles. The van der Waals surface area contributed by atoms with Crippen molar-refractivity contribution in [1.82, 2.24) is 9.97 Å². The van der Waals surface area contributed by atoms with Gasteiger partial charge in [0, 0.05) is 12.3 Å². The molecule has 1 aromatic heterocycles. The fourth-order valence-electron chi connectivity index (χ4n) is 1.95. The first-order valence-electron chi connectivity index (χ1n) is 6.95. The van der Waals surface area contributed by atoms with Gasteiger partial charge < -0.3 is 10.1 Å². The maximum Gasteiger partial charge on any atom is 0.292 e. The highest BCUT2D eigenvalue weighted by atomic mass is 32.1. The number of aromatic nitrogens is 2. The lowest BCUT2D eigenvalue weighted by Crippen LogP contribution is -2.10. The van der Waals surface area contributed by atoms with E-state index in [0.717, 1.165) is 5.56 Å². The number of nitrogens with zero attached hydrogens (tertiary/aromatic N) is 3. The van der Waals surface area contributed by atoms with Gasteiger partial charge in [-0.3, -0.25) is 10.1 Å². The van der Waals surface area contributed by atoms with E-state index in [1.807, 2.05) is 6.92 Å². The number of hydrogen-bond acceptors (Lipinski definition) is 7. The number of benzene rings is 1. The normalized spacial score (nSPS) is 10.2. The van der Waals surface area contributed by atoms with Gasteiger partial charge in [0.1, 0.15) is 17.3 Å². The molecule has 7 nitrogen and oxygen atoms in total. The molecule has 23 heavy (non-hydrogen) atoms. The Kier molecular flexibility index (Phi) is 5.17. The van der Waals surface area contributed by atoms with E-state index in [9.17, 15) is 10.1 Å². The van der Waals surface area contributed by atoms with Crippen molar-refractivity contribution in [2.24, 2.45) is 0 Å². The third kappa shape index (κ3) is 3.98. The summed E-state index contributed by atoms with van der Waals surface area (Å²) in [7, 11) is 0. The fraction of sp³-hybridized carbons (Fsp3) is 0.267. The van der Waals surface area contributed by atoms with Crippen molar-refractivity contribution in [3.05, 3.63) is 51.5 Å². The second-order valence-corrected chi connectivity index (χ2v) is 5.17. The van der Waals surface area contributed by atoms with Gasteiger partial charge in [-0.05, 0) is 44.6 Å². The minimum Gasteiger partial charge on any atom is -0.483 e. The first-order chi connectivity index (χ1) is 10.9. The second-order valence-electron chi connectivity index (χ2n) is 4.80. The maximum atomic E-state index is 11.2. The fourth-order valence-corrected chi connectivity index (χ4v) is 2.22. The molecule has 0 fully saturated rings. The zero-order valence-corrected chi connectivity index (χ0v) is 13.8. The van der Waals surface area contributed by atoms with Crippen LogP contribution in [0.2, 0.25) is 0 Å². The van der Waals surface area contributed by atoms with E-state index < -0.39 is 4.92 Å². The lowest BCUT2D eigenvalue weighted by molar-refractivity contribution is -0.384. The minimum atomic E-state index is -0.441. The van der Waals surface area contributed by atoms with Crippen LogP contribution in [0, 0.1) is 24.0 Å². The zero-order chi connectivity index (χ0) is 17.0. The Morgan fingerprint density at radius 3 is 2.83 bits per heavy atom. The van der Waals surface area contributed by atoms with Crippen molar-refractivity contribution in [3.63, 3.8) is 0 Å². The maximum absolute atomic E-state index is 11.2. The average molecular weight is 332 g/mol. The smallest absolute Gasteiger partial charge is 0.292 e. The molecule has 0 amide bonds. The van der Waals surface area contributed by atoms with Crippen molar-refractivity contribution >= 4 is 34.5 Å². The number of thiocarbonyl (C=S) groups is 1. The van der Waals surface area contributed by atoms with Crippen molar-refractivity contribution in [1.29, 1.82) is 0 Å². The molecule has 2 rings (SSSR count). The van der Waals surface area contributed by atoms with Crippen LogP contribution in [0.4, 0.5) is 17.2 Å². The van der Waals surface area contributed by atoms with Gasteiger partial charge in [0.2, 0.25) is 0 Å². The molecule has 0 aliphatic rings. The second kappa shape index (κ2) is 7.10. The molecule has 1 N–H and O–H groups in total. The number of rotatable bonds is 5. The number of hydrogen-bond donors (Lipinski definition) is 1. The standard InChI is InChI=1S/C15H16N4O3S/c1-4-22-15(23)11-8-16-10(3)17-14(11)18-12-6-5-9(2)7-13(12)19(20)21/h5-8H,4H2,1-3H3,(H,16,17,18). The summed E-state index contributed by atoms with van der Waals surface area (Å²) in [5, 5.41) is 14.4. The molecule has 0 saturated heterocycles. The third-order valence-electron chi connectivity index (χ3n) is 3.01. The van der Waals surface area contributed by atoms with E-state index in [2.05, 4.69) is 15.3 Å². The molecule has 0 aliphatic carbocycles. The van der Waals surface area contributed by atoms with E-state index in [-0.39, 0.29) is 10.7 Å². The monoisotopic (exact) mass is 332 g/mol. The van der Waals surface area contributed by atoms with E-state index >= 15 is 0 Å². The summed E-state index contributed by atoms with van der Waals surface area (Å²) in [5.41, 5.74) is 1.59. The molecule has 120 valence electrons. The van der Waals surface area contributed by atoms with Gasteiger partial charge >= 0.3 is 0 Å². The van der Waals surface area contributed by atoms with Gasteiger partial charge in [-0.25, -0.2) is 9.97 Å². The van der Waals surface area contributed by atoms with Crippen LogP contribution in [0.1, 0.15) is 23.9 Å². The molecular formula is C15H16N4O3S. The van der Waals surface area contributed by atoms with Crippen molar-refractivity contribution in [3.8, 4) is 0 Å². The molecule has 0 radical (unpaired) electrons. The molecule has 0 atom stereocenters. The Morgan fingerprint density at radius 1 is 1.43 bits per heavy atom. The third-order valence-corrected chi connectivity index (χ3v) is 3.35. The molecule has 8 heteroatoms. The number of nitro groups is 1. The number of nitrogens with one attached hydrogen (secondary N) is 1. The summed E-state index contributed by atoms with van der Waals surface area (Å²) in [4.78, 5) is 19.2. The Hall–Kier alpha value is -2.61. The molecular weight excluding hydrogens is 316 g/mol. The molecule has 1 aromatic carbocycles. The quantitative estimate of drug-likeness (QED) is 0.509. The first kappa shape index (κ1) is 16.8. The van der Waals surface area contributed by atoms with Gasteiger partial charge in [0.05, 0.1) is 17.1 Å². The van der Waals surface area contributed by atoms with Crippen LogP contribution in [-0.2, 0) is 4.74 Å². The van der Waals surface area contributed by atoms with E-state index in [1.54, 1.807) is 32.2 Å². The van der Waals surface area contributed by atoms with E-state index in [4.69, 9.17) is 17.0 Å². The van der Waals surface area contributed by atoms with Crippen molar-refractivity contribution < 1.29 is 9.66 Å². The summed E-state index contributed by atoms with van der Waals surface area (Å²) < 4.78 is 5.32. The van der Waals surface area contributed by atoms with Crippen LogP contribution >= 0.6 is 12.2 Å². The lowest BCUT2D eigenvalue weighted by Gasteiger charge is -2.12. The molecule has 1 heterocycles. The van der Waals surface area contributed by atoms with Crippen LogP contribution in [-0.4, -0.2) is 26.5 Å². The van der Waals surface area contributed by atoms with Crippen LogP contribution in [0.5, 0.6) is 0 Å². The summed E-state index contributed by atoms with van der Waals surface area (Å²) in [5.74, 6) is 0.896. The summed E-state index contributed by atoms with van der Waals surface area (Å²) in [6.45, 7) is 5.75. The lowest BCUT2D eigenvalue weighted by atomic mass is 10.2. The first-order valence-corrected chi connectivity index (χ1v) is 7.36. The van der Waals surface area contributed by atoms with Crippen molar-refractivity contribution in [2.45, 2.75) is 20.8 Å². The summed E-state index contributed by atoms with van der Waals surface area (Å²) >= 11 is 5.20. The molecule has 0 saturated carbocycles. The Balaban J connectivity index is 2.46. The van der Waals surface area contributed by atoms with Gasteiger partial charge in [0.25, 0.3) is 5.69 Å². The molecule has 0 unspecified atom stereocenters. The van der Waals surface area contributed by atoms with Crippen LogP contribution in [0.25, 0.3) is 0 Å². The average Bonchev–Trinajstić information content (AvgIpc) is 2.49. The van der Waals surface area contributed by atoms with Crippen LogP contribution < -0.4 is 5.32 Å². The number of ether oxygens (including phenoxy) is 1. The van der Waals surface area contributed by atoms with Crippen LogP contribution in [0.15, 0.2) is 24.4 Å². The van der Waals surface area contributed by atoms with Gasteiger partial charge in [-0.1, -0.05) is 6.07 Å². The number of aryl methyl sites for hydroxylation is 2. The summed E-state index contributed by atoms with van der Waals surface area (Å²) in [6, 6.07) is 4.92. The molecule has 0 bridgehead atoms. The molecule has 2 aromatic rings. The Morgan fingerprint density at radius 2 is 2.17 bits per heavy atom. The van der Waals surface area contributed by atoms with Crippen LogP contribution in [0.3, 0.4) is 0 Å². The highest BCUT2D eigenvalue weighted by Gasteiger charge is 2.18. The van der Waals surface area contributed by atoms with Gasteiger partial charge in [-0.15, -0.1) is 0 Å².